The monoisotopic (exact) mass is 668 g/mol. The standard InChI is InChI=1S/C30H36F6N6O.C4H10/c1-20(2)15-28(40-22(4)16-38-23(5)43-19-24-11-8-7-9-12-24)21(3)18-42(41-37-6)39-17-25-26(29(31,32)33)13-10-14-27(25)30(34,35)36;1-4(2)3/h7-14,17,20,28,38,40H,3-5,15-16,18-19H2,1-2,6H3;4H,1-3H3/b39-17+,41-37?;/t28-;/m0./s1. The van der Waals surface area contributed by atoms with Crippen molar-refractivity contribution in [2.45, 2.75) is 66.0 Å². The highest BCUT2D eigenvalue weighted by Crippen LogP contribution is 2.38. The molecule has 1 atom stereocenters. The Bertz CT molecular complexity index is 1300. The summed E-state index contributed by atoms with van der Waals surface area (Å²) in [6, 6.07) is 11.0. The Morgan fingerprint density at radius 3 is 1.94 bits per heavy atom. The molecule has 2 N–H and O–H groups in total. The van der Waals surface area contributed by atoms with Gasteiger partial charge in [0.15, 0.2) is 5.88 Å². The Morgan fingerprint density at radius 1 is 0.894 bits per heavy atom. The maximum atomic E-state index is 13.5. The average molecular weight is 669 g/mol. The summed E-state index contributed by atoms with van der Waals surface area (Å²) in [6.45, 7) is 22.8. The molecule has 0 aliphatic heterocycles. The topological polar surface area (TPSA) is 73.6 Å². The van der Waals surface area contributed by atoms with E-state index in [1.165, 1.54) is 7.05 Å². The lowest BCUT2D eigenvalue weighted by Crippen LogP contribution is -2.37. The molecule has 0 aliphatic rings. The summed E-state index contributed by atoms with van der Waals surface area (Å²) < 4.78 is 86.9. The fourth-order valence-corrected chi connectivity index (χ4v) is 3.91. The van der Waals surface area contributed by atoms with Gasteiger partial charge in [0.25, 0.3) is 0 Å². The number of alkyl halides is 6. The summed E-state index contributed by atoms with van der Waals surface area (Å²) in [5, 5.41) is 18.3. The van der Waals surface area contributed by atoms with E-state index in [1.807, 2.05) is 44.2 Å². The lowest BCUT2D eigenvalue weighted by Gasteiger charge is -2.27. The smallest absolute Gasteiger partial charge is 0.417 e. The van der Waals surface area contributed by atoms with Crippen LogP contribution in [0.25, 0.3) is 0 Å². The first-order chi connectivity index (χ1) is 21.8. The molecule has 0 unspecified atom stereocenters. The second-order valence-electron chi connectivity index (χ2n) is 11.7. The van der Waals surface area contributed by atoms with Gasteiger partial charge in [-0.1, -0.05) is 89.4 Å². The number of rotatable bonds is 16. The van der Waals surface area contributed by atoms with Crippen LogP contribution in [0.15, 0.2) is 101 Å². The molecule has 0 bridgehead atoms. The van der Waals surface area contributed by atoms with Crippen LogP contribution in [-0.2, 0) is 23.7 Å². The number of benzene rings is 2. The Balaban J connectivity index is 0.00000260. The van der Waals surface area contributed by atoms with Gasteiger partial charge in [-0.3, -0.25) is 0 Å². The maximum absolute atomic E-state index is 13.5. The number of hydrogen-bond donors (Lipinski definition) is 2. The van der Waals surface area contributed by atoms with Crippen molar-refractivity contribution in [3.63, 3.8) is 0 Å². The van der Waals surface area contributed by atoms with E-state index in [0.717, 1.165) is 16.6 Å². The van der Waals surface area contributed by atoms with E-state index in [9.17, 15) is 26.3 Å². The average Bonchev–Trinajstić information content (AvgIpc) is 2.96. The van der Waals surface area contributed by atoms with Crippen molar-refractivity contribution >= 4 is 6.21 Å². The number of hydrazone groups is 1. The van der Waals surface area contributed by atoms with Crippen LogP contribution >= 0.6 is 0 Å². The molecule has 13 heteroatoms. The third-order valence-electron chi connectivity index (χ3n) is 5.91. The fraction of sp³-hybridized carbons (Fsp3) is 0.441. The molecule has 0 amide bonds. The normalized spacial score (nSPS) is 12.6. The van der Waals surface area contributed by atoms with Crippen LogP contribution in [0.3, 0.4) is 0 Å². The second kappa shape index (κ2) is 19.4. The van der Waals surface area contributed by atoms with Crippen LogP contribution in [0.2, 0.25) is 0 Å². The van der Waals surface area contributed by atoms with E-state index in [0.29, 0.717) is 54.6 Å². The van der Waals surface area contributed by atoms with Crippen molar-refractivity contribution in [1.29, 1.82) is 0 Å². The van der Waals surface area contributed by atoms with Crippen molar-refractivity contribution in [2.75, 3.05) is 20.1 Å². The van der Waals surface area contributed by atoms with E-state index < -0.39 is 29.0 Å². The highest BCUT2D eigenvalue weighted by molar-refractivity contribution is 5.84. The van der Waals surface area contributed by atoms with Gasteiger partial charge in [-0.25, -0.2) is 0 Å². The van der Waals surface area contributed by atoms with Crippen LogP contribution in [-0.4, -0.2) is 37.5 Å². The molecule has 0 fully saturated rings. The summed E-state index contributed by atoms with van der Waals surface area (Å²) in [6.07, 6.45) is -9.01. The quantitative estimate of drug-likeness (QED) is 0.0467. The van der Waals surface area contributed by atoms with Crippen molar-refractivity contribution in [2.24, 2.45) is 27.3 Å². The Kier molecular flexibility index (Phi) is 16.8. The molecular weight excluding hydrogens is 622 g/mol. The SMILES string of the molecule is C=C(CNC(=C)OCc1ccccc1)N[C@@H](CC(C)C)C(=C)CN(N=NC)/N=C/c1c(C(F)(F)F)cccc1C(F)(F)F.CC(C)C. The number of nitrogens with zero attached hydrogens (tertiary/aromatic N) is 4. The van der Waals surface area contributed by atoms with Gasteiger partial charge in [-0.15, -0.1) is 0 Å². The van der Waals surface area contributed by atoms with Crippen LogP contribution < -0.4 is 10.6 Å². The largest absolute Gasteiger partial charge is 0.475 e. The highest BCUT2D eigenvalue weighted by atomic mass is 19.4. The third-order valence-corrected chi connectivity index (χ3v) is 5.91. The van der Waals surface area contributed by atoms with Gasteiger partial charge >= 0.3 is 12.4 Å². The van der Waals surface area contributed by atoms with Crippen molar-refractivity contribution in [3.8, 4) is 0 Å². The predicted molar refractivity (Wildman–Crippen MR) is 175 cm³/mol. The van der Waals surface area contributed by atoms with Gasteiger partial charge < -0.3 is 15.4 Å². The predicted octanol–water partition coefficient (Wildman–Crippen LogP) is 9.37. The summed E-state index contributed by atoms with van der Waals surface area (Å²) in [5.41, 5.74) is -2.04. The minimum atomic E-state index is -5.04. The molecule has 0 aliphatic carbocycles. The molecule has 2 aromatic carbocycles. The number of halogens is 6. The van der Waals surface area contributed by atoms with Crippen LogP contribution in [0.4, 0.5) is 26.3 Å². The van der Waals surface area contributed by atoms with Gasteiger partial charge in [0, 0.05) is 17.3 Å². The zero-order valence-corrected chi connectivity index (χ0v) is 27.8. The first-order valence-electron chi connectivity index (χ1n) is 14.9. The van der Waals surface area contributed by atoms with Gasteiger partial charge in [0.2, 0.25) is 0 Å². The molecular formula is C34H46F6N6O. The summed E-state index contributed by atoms with van der Waals surface area (Å²) in [5.74, 6) is 1.37. The van der Waals surface area contributed by atoms with E-state index in [4.69, 9.17) is 4.74 Å². The molecule has 0 spiro atoms. The fourth-order valence-electron chi connectivity index (χ4n) is 3.91. The van der Waals surface area contributed by atoms with Gasteiger partial charge in [0.1, 0.15) is 6.61 Å². The van der Waals surface area contributed by atoms with E-state index in [2.05, 4.69) is 66.6 Å². The first-order valence-corrected chi connectivity index (χ1v) is 14.9. The third kappa shape index (κ3) is 16.2. The molecule has 47 heavy (non-hydrogen) atoms. The van der Waals surface area contributed by atoms with Crippen LogP contribution in [0, 0.1) is 11.8 Å². The lowest BCUT2D eigenvalue weighted by molar-refractivity contribution is -0.143. The first kappa shape index (κ1) is 40.7. The molecule has 0 aromatic heterocycles. The minimum Gasteiger partial charge on any atom is -0.475 e. The van der Waals surface area contributed by atoms with Gasteiger partial charge in [-0.05, 0) is 48.1 Å². The Morgan fingerprint density at radius 2 is 1.45 bits per heavy atom. The van der Waals surface area contributed by atoms with Crippen LogP contribution in [0.5, 0.6) is 0 Å². The number of nitrogens with one attached hydrogen (secondary N) is 2. The van der Waals surface area contributed by atoms with E-state index in [1.54, 1.807) is 0 Å². The van der Waals surface area contributed by atoms with Crippen molar-refractivity contribution < 1.29 is 31.1 Å². The number of hydrogen-bond acceptors (Lipinski definition) is 6. The zero-order valence-electron chi connectivity index (χ0n) is 27.8. The molecule has 0 radical (unpaired) electrons. The molecule has 260 valence electrons. The zero-order chi connectivity index (χ0) is 35.8. The Labute approximate surface area is 274 Å². The minimum absolute atomic E-state index is 0.151. The molecule has 7 nitrogen and oxygen atoms in total. The molecule has 0 heterocycles. The second-order valence-corrected chi connectivity index (χ2v) is 11.7. The van der Waals surface area contributed by atoms with E-state index in [-0.39, 0.29) is 25.0 Å². The Hall–Kier alpha value is -4.29. The lowest BCUT2D eigenvalue weighted by atomic mass is 9.97. The molecule has 0 saturated heterocycles. The molecule has 2 aromatic rings. The summed E-state index contributed by atoms with van der Waals surface area (Å²) in [4.78, 5) is 0. The molecule has 0 saturated carbocycles. The molecule has 2 rings (SSSR count). The highest BCUT2D eigenvalue weighted by Gasteiger charge is 2.40. The van der Waals surface area contributed by atoms with Crippen LogP contribution in [0.1, 0.15) is 63.3 Å². The van der Waals surface area contributed by atoms with Crippen molar-refractivity contribution in [3.05, 3.63) is 108 Å². The summed E-state index contributed by atoms with van der Waals surface area (Å²) in [7, 11) is 1.29. The number of ether oxygens (including phenoxy) is 1. The van der Waals surface area contributed by atoms with Gasteiger partial charge in [0.05, 0.1) is 37.5 Å². The van der Waals surface area contributed by atoms with Gasteiger partial charge in [-0.2, -0.15) is 41.7 Å². The van der Waals surface area contributed by atoms with E-state index >= 15 is 0 Å². The summed E-state index contributed by atoms with van der Waals surface area (Å²) >= 11 is 0. The maximum Gasteiger partial charge on any atom is 0.417 e. The van der Waals surface area contributed by atoms with Crippen molar-refractivity contribution in [1.82, 2.24) is 15.8 Å².